The van der Waals surface area contributed by atoms with E-state index in [2.05, 4.69) is 19.1 Å². The molecule has 7 atom stereocenters. The van der Waals surface area contributed by atoms with E-state index >= 15 is 0 Å². The molecule has 0 radical (unpaired) electrons. The van der Waals surface area contributed by atoms with Gasteiger partial charge in [0.15, 0.2) is 17.1 Å². The van der Waals surface area contributed by atoms with Crippen LogP contribution < -0.4 is 15.2 Å². The van der Waals surface area contributed by atoms with Gasteiger partial charge < -0.3 is 29.5 Å². The third-order valence-electron chi connectivity index (χ3n) is 11.4. The second-order valence-electron chi connectivity index (χ2n) is 13.2. The van der Waals surface area contributed by atoms with Crippen molar-refractivity contribution in [1.82, 2.24) is 0 Å². The SMILES string of the molecule is COc1ccc2c3c1O[C@@H]1[C@]34CC[N+]3(CC5CC5)CC5=CC=CC[C@]5(C(N)=O)O[C@@]1(C)CCC4(O)[C@H]3C2. The van der Waals surface area contributed by atoms with Crippen LogP contribution in [0, 0.1) is 5.92 Å². The fraction of sp³-hybridized carbons (Fsp3) is 0.633. The molecule has 4 heterocycles. The van der Waals surface area contributed by atoms with Crippen LogP contribution in [0.2, 0.25) is 0 Å². The van der Waals surface area contributed by atoms with Gasteiger partial charge in [0.05, 0.1) is 25.6 Å². The molecule has 37 heavy (non-hydrogen) atoms. The van der Waals surface area contributed by atoms with Gasteiger partial charge in [-0.3, -0.25) is 4.79 Å². The molecule has 8 aliphatic rings. The molecule has 3 saturated heterocycles. The number of hydrogen-bond donors (Lipinski definition) is 2. The van der Waals surface area contributed by atoms with Crippen LogP contribution in [0.4, 0.5) is 0 Å². The van der Waals surface area contributed by atoms with Gasteiger partial charge in [-0.15, -0.1) is 0 Å². The highest BCUT2D eigenvalue weighted by molar-refractivity contribution is 5.88. The Labute approximate surface area is 217 Å². The number of allylic oxidation sites excluding steroid dienone is 2. The predicted octanol–water partition coefficient (Wildman–Crippen LogP) is 2.67. The minimum Gasteiger partial charge on any atom is -0.493 e. The average Bonchev–Trinajstić information content (AvgIpc) is 3.60. The number of carbonyl (C=O) groups excluding carboxylic acids is 1. The van der Waals surface area contributed by atoms with Gasteiger partial charge in [-0.2, -0.15) is 0 Å². The Morgan fingerprint density at radius 1 is 1.27 bits per heavy atom. The Morgan fingerprint density at radius 3 is 2.86 bits per heavy atom. The van der Waals surface area contributed by atoms with Gasteiger partial charge in [-0.1, -0.05) is 24.3 Å². The van der Waals surface area contributed by atoms with Gasteiger partial charge in [0.1, 0.15) is 29.9 Å². The molecule has 1 aromatic rings. The summed E-state index contributed by atoms with van der Waals surface area (Å²) in [5, 5.41) is 13.1. The molecule has 4 aliphatic heterocycles. The standard InChI is InChI=1S/C30H36N2O5/c1-27-11-12-30(34)22-15-19-8-9-21(35-2)24-23(19)28(30,25(27)36-24)13-14-32(22,16-18-6-7-18)17-20-5-3-4-10-29(20,37-27)26(31)33/h3-5,8-9,18,22,25,34H,6-7,10-17H2,1-2H3,(H-,31,33)/p+1/t22-,25+,27+,28+,29+,30?,32?/m1/s1. The maximum atomic E-state index is 13.4. The molecular weight excluding hydrogens is 468 g/mol. The summed E-state index contributed by atoms with van der Waals surface area (Å²) in [6.45, 7) is 4.75. The first-order valence-electron chi connectivity index (χ1n) is 14.0. The quantitative estimate of drug-likeness (QED) is 0.614. The van der Waals surface area contributed by atoms with Gasteiger partial charge in [0, 0.05) is 36.3 Å². The van der Waals surface area contributed by atoms with Gasteiger partial charge in [-0.25, -0.2) is 0 Å². The van der Waals surface area contributed by atoms with Crippen molar-refractivity contribution < 1.29 is 28.6 Å². The molecule has 5 bridgehead atoms. The van der Waals surface area contributed by atoms with Gasteiger partial charge in [0.25, 0.3) is 5.91 Å². The molecule has 9 rings (SSSR count). The van der Waals surface area contributed by atoms with Crippen LogP contribution in [0.1, 0.15) is 56.6 Å². The number of nitrogens with zero attached hydrogens (tertiary/aromatic N) is 1. The van der Waals surface area contributed by atoms with Crippen LogP contribution in [0.25, 0.3) is 0 Å². The first-order valence-corrected chi connectivity index (χ1v) is 14.0. The number of fused-ring (bicyclic) bond motifs is 2. The summed E-state index contributed by atoms with van der Waals surface area (Å²) in [7, 11) is 1.68. The van der Waals surface area contributed by atoms with E-state index in [1.165, 1.54) is 18.4 Å². The third kappa shape index (κ3) is 2.48. The van der Waals surface area contributed by atoms with Gasteiger partial charge in [0.2, 0.25) is 0 Å². The molecule has 5 fully saturated rings. The van der Waals surface area contributed by atoms with Crippen molar-refractivity contribution in [2.45, 2.75) is 86.2 Å². The van der Waals surface area contributed by atoms with Gasteiger partial charge >= 0.3 is 0 Å². The van der Waals surface area contributed by atoms with Crippen molar-refractivity contribution in [2.24, 2.45) is 11.7 Å². The molecule has 196 valence electrons. The number of aliphatic hydroxyl groups is 1. The Kier molecular flexibility index (Phi) is 4.15. The molecule has 3 N–H and O–H groups in total. The Bertz CT molecular complexity index is 1300. The molecule has 7 nitrogen and oxygen atoms in total. The molecule has 2 saturated carbocycles. The number of rotatable bonds is 4. The Hall–Kier alpha value is -2.35. The molecule has 0 aromatic heterocycles. The number of piperidine rings is 1. The molecule has 4 aliphatic carbocycles. The van der Waals surface area contributed by atoms with Crippen LogP contribution >= 0.6 is 0 Å². The lowest BCUT2D eigenvalue weighted by molar-refractivity contribution is -0.964. The summed E-state index contributed by atoms with van der Waals surface area (Å²) in [6, 6.07) is 4.25. The summed E-state index contributed by atoms with van der Waals surface area (Å²) >= 11 is 0. The van der Waals surface area contributed by atoms with Gasteiger partial charge in [-0.05, 0) is 44.2 Å². The number of ether oxygens (including phenoxy) is 3. The van der Waals surface area contributed by atoms with Crippen LogP contribution in [0.3, 0.4) is 0 Å². The van der Waals surface area contributed by atoms with E-state index in [9.17, 15) is 9.90 Å². The first-order chi connectivity index (χ1) is 17.7. The molecule has 1 spiro atoms. The number of methoxy groups -OCH3 is 1. The van der Waals surface area contributed by atoms with Crippen LogP contribution in [0.5, 0.6) is 11.5 Å². The lowest BCUT2D eigenvalue weighted by Crippen LogP contribution is -2.85. The number of nitrogens with two attached hydrogens (primary N) is 1. The fourth-order valence-corrected chi connectivity index (χ4v) is 9.70. The summed E-state index contributed by atoms with van der Waals surface area (Å²) in [4.78, 5) is 13.4. The van der Waals surface area contributed by atoms with E-state index in [1.54, 1.807) is 7.11 Å². The van der Waals surface area contributed by atoms with E-state index in [0.717, 1.165) is 47.3 Å². The summed E-state index contributed by atoms with van der Waals surface area (Å²) in [5.74, 6) is 1.70. The van der Waals surface area contributed by atoms with E-state index in [4.69, 9.17) is 19.9 Å². The smallest absolute Gasteiger partial charge is 0.254 e. The van der Waals surface area contributed by atoms with Crippen LogP contribution in [-0.4, -0.2) is 71.2 Å². The van der Waals surface area contributed by atoms with E-state index in [-0.39, 0.29) is 6.04 Å². The minimum atomic E-state index is -1.21. The first kappa shape index (κ1) is 22.6. The van der Waals surface area contributed by atoms with Crippen molar-refractivity contribution >= 4 is 5.91 Å². The fourth-order valence-electron chi connectivity index (χ4n) is 9.70. The lowest BCUT2D eigenvalue weighted by Gasteiger charge is -2.69. The van der Waals surface area contributed by atoms with Crippen molar-refractivity contribution in [3.63, 3.8) is 0 Å². The number of carbonyl (C=O) groups is 1. The summed E-state index contributed by atoms with van der Waals surface area (Å²) in [5.41, 5.74) is 6.07. The second kappa shape index (κ2) is 6.80. The highest BCUT2D eigenvalue weighted by atomic mass is 16.6. The zero-order valence-corrected chi connectivity index (χ0v) is 21.8. The maximum Gasteiger partial charge on any atom is 0.254 e. The highest BCUT2D eigenvalue weighted by Crippen LogP contribution is 2.69. The molecule has 7 heteroatoms. The predicted molar refractivity (Wildman–Crippen MR) is 136 cm³/mol. The van der Waals surface area contributed by atoms with Crippen LogP contribution in [0.15, 0.2) is 35.9 Å². The zero-order chi connectivity index (χ0) is 25.4. The second-order valence-corrected chi connectivity index (χ2v) is 13.2. The largest absolute Gasteiger partial charge is 0.493 e. The highest BCUT2D eigenvalue weighted by Gasteiger charge is 2.80. The maximum absolute atomic E-state index is 13.4. The monoisotopic (exact) mass is 505 g/mol. The van der Waals surface area contributed by atoms with Crippen molar-refractivity contribution in [1.29, 1.82) is 0 Å². The number of benzene rings is 1. The topological polar surface area (TPSA) is 91.0 Å². The third-order valence-corrected chi connectivity index (χ3v) is 11.4. The van der Waals surface area contributed by atoms with Crippen LogP contribution in [-0.2, 0) is 21.4 Å². The number of amides is 1. The summed E-state index contributed by atoms with van der Waals surface area (Å²) < 4.78 is 20.6. The lowest BCUT2D eigenvalue weighted by atomic mass is 9.46. The normalized spacial score (nSPS) is 46.2. The number of quaternary nitrogens is 1. The molecule has 1 aromatic carbocycles. The summed E-state index contributed by atoms with van der Waals surface area (Å²) in [6.07, 6.45) is 11.5. The van der Waals surface area contributed by atoms with E-state index in [0.29, 0.717) is 37.5 Å². The zero-order valence-electron chi connectivity index (χ0n) is 21.8. The van der Waals surface area contributed by atoms with Crippen molar-refractivity contribution in [3.8, 4) is 11.5 Å². The molecule has 2 unspecified atom stereocenters. The Balaban J connectivity index is 1.44. The average molecular weight is 506 g/mol. The van der Waals surface area contributed by atoms with Crippen molar-refractivity contribution in [3.05, 3.63) is 47.1 Å². The number of hydrogen-bond acceptors (Lipinski definition) is 5. The van der Waals surface area contributed by atoms with E-state index < -0.39 is 34.2 Å². The number of primary amides is 1. The Morgan fingerprint density at radius 2 is 2.11 bits per heavy atom. The van der Waals surface area contributed by atoms with E-state index in [1.807, 2.05) is 18.2 Å². The van der Waals surface area contributed by atoms with Crippen molar-refractivity contribution in [2.75, 3.05) is 26.7 Å². The molecular formula is C30H37N2O5+. The minimum absolute atomic E-state index is 0.0276. The molecule has 1 amide bonds.